The molecule has 3 atom stereocenters. The van der Waals surface area contributed by atoms with Gasteiger partial charge in [-0.2, -0.15) is 0 Å². The van der Waals surface area contributed by atoms with E-state index in [1.54, 1.807) is 0 Å². The summed E-state index contributed by atoms with van der Waals surface area (Å²) in [5.41, 5.74) is 0. The largest absolute Gasteiger partial charge is 0.0654 e. The molecule has 0 amide bonds. The van der Waals surface area contributed by atoms with Crippen LogP contribution in [-0.2, 0) is 0 Å². The van der Waals surface area contributed by atoms with Crippen LogP contribution in [0.4, 0.5) is 0 Å². The van der Waals surface area contributed by atoms with Crippen LogP contribution in [0.15, 0.2) is 0 Å². The van der Waals surface area contributed by atoms with Gasteiger partial charge in [-0.05, 0) is 36.5 Å². The van der Waals surface area contributed by atoms with E-state index in [4.69, 9.17) is 0 Å². The Labute approximate surface area is 123 Å². The van der Waals surface area contributed by atoms with Gasteiger partial charge in [0.15, 0.2) is 0 Å². The fourth-order valence-electron chi connectivity index (χ4n) is 3.24. The van der Waals surface area contributed by atoms with Crippen molar-refractivity contribution in [3.05, 3.63) is 0 Å². The molecule has 0 heteroatoms. The second kappa shape index (κ2) is 11.8. The highest BCUT2D eigenvalue weighted by Crippen LogP contribution is 2.32. The zero-order valence-corrected chi connectivity index (χ0v) is 14.7. The highest BCUT2D eigenvalue weighted by Gasteiger charge is 2.20. The standard InChI is InChI=1S/C19H40/c1-7-10-12-17(6)14-19(16(4)5)15-18(9-3)13-11-8-2/h16-19H,7-15H2,1-6H3. The highest BCUT2D eigenvalue weighted by atomic mass is 14.3. The lowest BCUT2D eigenvalue weighted by Gasteiger charge is -2.28. The van der Waals surface area contributed by atoms with Gasteiger partial charge >= 0.3 is 0 Å². The summed E-state index contributed by atoms with van der Waals surface area (Å²) in [6.07, 6.45) is 12.8. The Hall–Kier alpha value is 0. The first kappa shape index (κ1) is 19.0. The van der Waals surface area contributed by atoms with Gasteiger partial charge in [0, 0.05) is 0 Å². The summed E-state index contributed by atoms with van der Waals surface area (Å²) < 4.78 is 0. The van der Waals surface area contributed by atoms with E-state index in [-0.39, 0.29) is 0 Å². The van der Waals surface area contributed by atoms with E-state index in [0.717, 1.165) is 23.7 Å². The van der Waals surface area contributed by atoms with Crippen molar-refractivity contribution in [3.8, 4) is 0 Å². The fourth-order valence-corrected chi connectivity index (χ4v) is 3.24. The summed E-state index contributed by atoms with van der Waals surface area (Å²) in [5, 5.41) is 0. The first-order valence-electron chi connectivity index (χ1n) is 9.04. The zero-order chi connectivity index (χ0) is 14.7. The average Bonchev–Trinajstić information content (AvgIpc) is 2.39. The van der Waals surface area contributed by atoms with E-state index in [2.05, 4.69) is 41.5 Å². The number of hydrogen-bond acceptors (Lipinski definition) is 0. The molecule has 116 valence electrons. The molecule has 0 aromatic rings. The van der Waals surface area contributed by atoms with Crippen LogP contribution >= 0.6 is 0 Å². The number of hydrogen-bond donors (Lipinski definition) is 0. The molecule has 0 nitrogen and oxygen atoms in total. The van der Waals surface area contributed by atoms with Crippen LogP contribution in [0.2, 0.25) is 0 Å². The molecule has 0 rings (SSSR count). The summed E-state index contributed by atoms with van der Waals surface area (Å²) in [6.45, 7) is 14.4. The molecule has 0 radical (unpaired) electrons. The van der Waals surface area contributed by atoms with Gasteiger partial charge in [-0.15, -0.1) is 0 Å². The van der Waals surface area contributed by atoms with Gasteiger partial charge in [0.25, 0.3) is 0 Å². The van der Waals surface area contributed by atoms with Crippen LogP contribution in [0.1, 0.15) is 99.3 Å². The minimum absolute atomic E-state index is 0.861. The quantitative estimate of drug-likeness (QED) is 0.354. The number of unbranched alkanes of at least 4 members (excludes halogenated alkanes) is 2. The van der Waals surface area contributed by atoms with Crippen LogP contribution in [-0.4, -0.2) is 0 Å². The topological polar surface area (TPSA) is 0 Å². The first-order chi connectivity index (χ1) is 9.04. The van der Waals surface area contributed by atoms with Gasteiger partial charge in [-0.3, -0.25) is 0 Å². The second-order valence-electron chi connectivity index (χ2n) is 7.14. The Morgan fingerprint density at radius 1 is 0.737 bits per heavy atom. The predicted octanol–water partition coefficient (Wildman–Crippen LogP) is 7.08. The van der Waals surface area contributed by atoms with Crippen molar-refractivity contribution in [1.29, 1.82) is 0 Å². The summed E-state index contributed by atoms with van der Waals surface area (Å²) in [4.78, 5) is 0. The van der Waals surface area contributed by atoms with Crippen LogP contribution in [0, 0.1) is 23.7 Å². The molecule has 0 aliphatic rings. The van der Waals surface area contributed by atoms with Crippen molar-refractivity contribution in [3.63, 3.8) is 0 Å². The van der Waals surface area contributed by atoms with Crippen molar-refractivity contribution in [2.45, 2.75) is 99.3 Å². The predicted molar refractivity (Wildman–Crippen MR) is 89.6 cm³/mol. The molecule has 0 spiro atoms. The highest BCUT2D eigenvalue weighted by molar-refractivity contribution is 4.71. The van der Waals surface area contributed by atoms with Crippen molar-refractivity contribution < 1.29 is 0 Å². The third-order valence-electron chi connectivity index (χ3n) is 4.88. The zero-order valence-electron chi connectivity index (χ0n) is 14.7. The molecule has 0 aromatic carbocycles. The number of rotatable bonds is 12. The van der Waals surface area contributed by atoms with Gasteiger partial charge in [0.1, 0.15) is 0 Å². The lowest BCUT2D eigenvalue weighted by atomic mass is 9.78. The molecule has 0 saturated carbocycles. The average molecular weight is 269 g/mol. The third kappa shape index (κ3) is 9.52. The van der Waals surface area contributed by atoms with Gasteiger partial charge in [-0.25, -0.2) is 0 Å². The molecule has 0 fully saturated rings. The van der Waals surface area contributed by atoms with Crippen LogP contribution in [0.5, 0.6) is 0 Å². The van der Waals surface area contributed by atoms with E-state index in [1.165, 1.54) is 57.8 Å². The van der Waals surface area contributed by atoms with E-state index >= 15 is 0 Å². The Balaban J connectivity index is 4.22. The fraction of sp³-hybridized carbons (Fsp3) is 1.00. The molecule has 0 aliphatic carbocycles. The molecule has 0 aromatic heterocycles. The molecule has 19 heavy (non-hydrogen) atoms. The Morgan fingerprint density at radius 3 is 1.79 bits per heavy atom. The third-order valence-corrected chi connectivity index (χ3v) is 4.88. The van der Waals surface area contributed by atoms with Crippen LogP contribution < -0.4 is 0 Å². The van der Waals surface area contributed by atoms with E-state index in [1.807, 2.05) is 0 Å². The summed E-state index contributed by atoms with van der Waals surface area (Å²) in [5.74, 6) is 3.72. The molecule has 0 bridgehead atoms. The summed E-state index contributed by atoms with van der Waals surface area (Å²) >= 11 is 0. The SMILES string of the molecule is CCCCC(C)CC(CC(CC)CCCC)C(C)C. The van der Waals surface area contributed by atoms with E-state index in [9.17, 15) is 0 Å². The molecule has 3 unspecified atom stereocenters. The van der Waals surface area contributed by atoms with Crippen molar-refractivity contribution in [1.82, 2.24) is 0 Å². The van der Waals surface area contributed by atoms with Crippen molar-refractivity contribution in [2.24, 2.45) is 23.7 Å². The van der Waals surface area contributed by atoms with Crippen molar-refractivity contribution in [2.75, 3.05) is 0 Å². The molecule has 0 N–H and O–H groups in total. The Morgan fingerprint density at radius 2 is 1.32 bits per heavy atom. The Kier molecular flexibility index (Phi) is 11.8. The molecule has 0 heterocycles. The van der Waals surface area contributed by atoms with E-state index in [0.29, 0.717) is 0 Å². The van der Waals surface area contributed by atoms with Gasteiger partial charge in [0.05, 0.1) is 0 Å². The molecular formula is C19H40. The van der Waals surface area contributed by atoms with E-state index < -0.39 is 0 Å². The van der Waals surface area contributed by atoms with Gasteiger partial charge < -0.3 is 0 Å². The molecular weight excluding hydrogens is 228 g/mol. The van der Waals surface area contributed by atoms with Crippen LogP contribution in [0.25, 0.3) is 0 Å². The van der Waals surface area contributed by atoms with Gasteiger partial charge in [-0.1, -0.05) is 86.5 Å². The maximum atomic E-state index is 2.47. The van der Waals surface area contributed by atoms with Crippen molar-refractivity contribution >= 4 is 0 Å². The normalized spacial score (nSPS) is 16.6. The lowest BCUT2D eigenvalue weighted by Crippen LogP contribution is -2.17. The smallest absolute Gasteiger partial charge is 0.0386 e. The summed E-state index contributed by atoms with van der Waals surface area (Å²) in [7, 11) is 0. The van der Waals surface area contributed by atoms with Crippen LogP contribution in [0.3, 0.4) is 0 Å². The molecule has 0 aliphatic heterocycles. The Bertz CT molecular complexity index is 182. The first-order valence-corrected chi connectivity index (χ1v) is 9.04. The minimum atomic E-state index is 0.861. The maximum absolute atomic E-state index is 2.47. The summed E-state index contributed by atoms with van der Waals surface area (Å²) in [6, 6.07) is 0. The van der Waals surface area contributed by atoms with Gasteiger partial charge in [0.2, 0.25) is 0 Å². The minimum Gasteiger partial charge on any atom is -0.0654 e. The second-order valence-corrected chi connectivity index (χ2v) is 7.14. The molecule has 0 saturated heterocycles. The lowest BCUT2D eigenvalue weighted by molar-refractivity contribution is 0.230. The maximum Gasteiger partial charge on any atom is -0.0386 e. The monoisotopic (exact) mass is 268 g/mol.